The smallest absolute Gasteiger partial charge is 0.411 e. The number of rotatable bonds is 6. The number of carbonyl (C=O) groups excluding carboxylic acids is 1. The van der Waals surface area contributed by atoms with Gasteiger partial charge in [-0.15, -0.1) is 0 Å². The molecule has 0 fully saturated rings. The van der Waals surface area contributed by atoms with Gasteiger partial charge in [0.25, 0.3) is 0 Å². The number of fused-ring (bicyclic) bond motifs is 1. The average molecular weight is 443 g/mol. The fourth-order valence-electron chi connectivity index (χ4n) is 3.32. The zero-order chi connectivity index (χ0) is 22.8. The van der Waals surface area contributed by atoms with E-state index in [4.69, 9.17) is 21.4 Å². The molecule has 0 bridgehead atoms. The maximum absolute atomic E-state index is 12.6. The van der Waals surface area contributed by atoms with Crippen molar-refractivity contribution in [2.75, 3.05) is 5.32 Å². The summed E-state index contributed by atoms with van der Waals surface area (Å²) >= 11 is 6.05. The first-order chi connectivity index (χ1) is 14.6. The Kier molecular flexibility index (Phi) is 6.12. The van der Waals surface area contributed by atoms with Crippen molar-refractivity contribution >= 4 is 40.9 Å². The van der Waals surface area contributed by atoms with Crippen LogP contribution in [0.4, 0.5) is 10.5 Å². The largest absolute Gasteiger partial charge is 0.479 e. The molecule has 1 aliphatic rings. The summed E-state index contributed by atoms with van der Waals surface area (Å²) in [7, 11) is 0. The molecule has 160 valence electrons. The number of amides is 1. The van der Waals surface area contributed by atoms with Crippen LogP contribution >= 0.6 is 11.6 Å². The van der Waals surface area contributed by atoms with Crippen LogP contribution in [0.1, 0.15) is 19.4 Å². The van der Waals surface area contributed by atoms with Crippen molar-refractivity contribution in [1.82, 2.24) is 0 Å². The zero-order valence-corrected chi connectivity index (χ0v) is 17.4. The third-order valence-electron chi connectivity index (χ3n) is 4.50. The van der Waals surface area contributed by atoms with E-state index in [0.717, 1.165) is 6.08 Å². The van der Waals surface area contributed by atoms with Crippen molar-refractivity contribution in [3.05, 3.63) is 75.8 Å². The van der Waals surface area contributed by atoms with Crippen LogP contribution in [0.5, 0.6) is 0 Å². The lowest BCUT2D eigenvalue weighted by molar-refractivity contribution is -0.141. The molecule has 8 nitrogen and oxygen atoms in total. The molecule has 0 aliphatic carbocycles. The van der Waals surface area contributed by atoms with Gasteiger partial charge in [-0.05, 0) is 49.8 Å². The highest BCUT2D eigenvalue weighted by atomic mass is 35.5. The molecule has 1 aliphatic heterocycles. The molecule has 2 aromatic carbocycles. The second-order valence-electron chi connectivity index (χ2n) is 7.03. The summed E-state index contributed by atoms with van der Waals surface area (Å²) in [6.45, 7) is 3.40. The van der Waals surface area contributed by atoms with Crippen LogP contribution in [0.25, 0.3) is 5.57 Å². The molecule has 1 heterocycles. The van der Waals surface area contributed by atoms with Gasteiger partial charge in [-0.1, -0.05) is 29.8 Å². The molecular formula is C22H19ClN2O6. The summed E-state index contributed by atoms with van der Waals surface area (Å²) in [4.78, 5) is 40.1. The minimum Gasteiger partial charge on any atom is -0.479 e. The highest BCUT2D eigenvalue weighted by Gasteiger charge is 2.46. The molecule has 0 radical (unpaired) electrons. The zero-order valence-electron chi connectivity index (χ0n) is 16.6. The molecule has 1 unspecified atom stereocenters. The predicted octanol–water partition coefficient (Wildman–Crippen LogP) is 2.70. The van der Waals surface area contributed by atoms with Crippen molar-refractivity contribution in [2.45, 2.75) is 25.5 Å². The number of anilines is 1. The van der Waals surface area contributed by atoms with E-state index in [1.165, 1.54) is 18.2 Å². The number of ether oxygens (including phenoxy) is 1. The average Bonchev–Trinajstić information content (AvgIpc) is 3.00. The normalized spacial score (nSPS) is 17.4. The standard InChI is InChI=1S/C22H19ClN2O6/c1-12(2)31-21(30)24-15-5-3-4-13(10-15)22(20(28)29)17(8-9-19(26)27)16-7-6-14(23)11-18(16)25-22/h3-12H,1-2H3,(H,24,30)(H,26,27)(H,28,29). The van der Waals surface area contributed by atoms with Crippen molar-refractivity contribution in [2.24, 2.45) is 4.99 Å². The summed E-state index contributed by atoms with van der Waals surface area (Å²) in [5, 5.41) is 23.0. The van der Waals surface area contributed by atoms with Crippen LogP contribution in [0.2, 0.25) is 5.02 Å². The van der Waals surface area contributed by atoms with Gasteiger partial charge in [0.15, 0.2) is 0 Å². The van der Waals surface area contributed by atoms with Crippen LogP contribution in [0, 0.1) is 0 Å². The first-order valence-corrected chi connectivity index (χ1v) is 9.64. The van der Waals surface area contributed by atoms with Crippen LogP contribution in [0.3, 0.4) is 0 Å². The molecule has 0 spiro atoms. The quantitative estimate of drug-likeness (QED) is 0.590. The highest BCUT2D eigenvalue weighted by Crippen LogP contribution is 2.38. The van der Waals surface area contributed by atoms with Crippen molar-refractivity contribution in [3.8, 4) is 0 Å². The Morgan fingerprint density at radius 1 is 1.16 bits per heavy atom. The lowest BCUT2D eigenvalue weighted by Crippen LogP contribution is -2.34. The number of halogens is 1. The molecule has 9 heteroatoms. The van der Waals surface area contributed by atoms with Gasteiger partial charge < -0.3 is 14.9 Å². The Labute approximate surface area is 182 Å². The Morgan fingerprint density at radius 2 is 1.90 bits per heavy atom. The lowest BCUT2D eigenvalue weighted by atomic mass is 9.82. The highest BCUT2D eigenvalue weighted by molar-refractivity contribution is 6.30. The number of hydrogen-bond acceptors (Lipinski definition) is 5. The first-order valence-electron chi connectivity index (χ1n) is 9.26. The SMILES string of the molecule is CC(C)OC(=O)Nc1cccc(C2(C(=O)O)N=c3cc(Cl)ccc3=C2C=CC(=O)O)c1. The molecule has 1 atom stereocenters. The van der Waals surface area contributed by atoms with Crippen LogP contribution < -0.4 is 15.9 Å². The summed E-state index contributed by atoms with van der Waals surface area (Å²) < 4.78 is 5.06. The maximum Gasteiger partial charge on any atom is 0.411 e. The van der Waals surface area contributed by atoms with Crippen LogP contribution in [-0.4, -0.2) is 34.3 Å². The van der Waals surface area contributed by atoms with Gasteiger partial charge in [-0.25, -0.2) is 14.4 Å². The second kappa shape index (κ2) is 8.61. The number of nitrogens with zero attached hydrogens (tertiary/aromatic N) is 1. The van der Waals surface area contributed by atoms with Crippen molar-refractivity contribution in [3.63, 3.8) is 0 Å². The Morgan fingerprint density at radius 3 is 2.55 bits per heavy atom. The van der Waals surface area contributed by atoms with E-state index >= 15 is 0 Å². The Hall–Kier alpha value is -3.65. The van der Waals surface area contributed by atoms with Crippen LogP contribution in [0.15, 0.2) is 59.6 Å². The van der Waals surface area contributed by atoms with E-state index < -0.39 is 23.6 Å². The topological polar surface area (TPSA) is 125 Å². The third-order valence-corrected chi connectivity index (χ3v) is 4.73. The number of benzene rings is 2. The fourth-order valence-corrected chi connectivity index (χ4v) is 3.48. The van der Waals surface area contributed by atoms with Gasteiger partial charge >= 0.3 is 18.0 Å². The minimum atomic E-state index is -1.93. The molecule has 1 amide bonds. The molecule has 0 aromatic heterocycles. The van der Waals surface area contributed by atoms with Gasteiger partial charge in [0.2, 0.25) is 5.54 Å². The fraction of sp³-hybridized carbons (Fsp3) is 0.182. The van der Waals surface area contributed by atoms with E-state index in [1.807, 2.05) is 0 Å². The Bertz CT molecular complexity index is 1220. The Balaban J connectivity index is 2.20. The molecule has 31 heavy (non-hydrogen) atoms. The van der Waals surface area contributed by atoms with Gasteiger partial charge in [0.05, 0.1) is 11.5 Å². The van der Waals surface area contributed by atoms with Gasteiger partial charge in [0.1, 0.15) is 0 Å². The van der Waals surface area contributed by atoms with Gasteiger partial charge in [0, 0.05) is 27.6 Å². The van der Waals surface area contributed by atoms with Gasteiger partial charge in [-0.2, -0.15) is 0 Å². The molecular weight excluding hydrogens is 424 g/mol. The lowest BCUT2D eigenvalue weighted by Gasteiger charge is -2.25. The van der Waals surface area contributed by atoms with E-state index in [-0.39, 0.29) is 17.2 Å². The van der Waals surface area contributed by atoms with E-state index in [1.54, 1.807) is 44.2 Å². The molecule has 3 N–H and O–H groups in total. The number of hydrogen-bond donors (Lipinski definition) is 3. The van der Waals surface area contributed by atoms with Crippen molar-refractivity contribution in [1.29, 1.82) is 0 Å². The van der Waals surface area contributed by atoms with Crippen LogP contribution in [-0.2, 0) is 19.9 Å². The van der Waals surface area contributed by atoms with Gasteiger partial charge in [-0.3, -0.25) is 10.3 Å². The predicted molar refractivity (Wildman–Crippen MR) is 113 cm³/mol. The molecule has 0 saturated heterocycles. The number of nitrogens with one attached hydrogen (secondary N) is 1. The second-order valence-corrected chi connectivity index (χ2v) is 7.47. The summed E-state index contributed by atoms with van der Waals surface area (Å²) in [6, 6.07) is 10.8. The summed E-state index contributed by atoms with van der Waals surface area (Å²) in [5.41, 5.74) is -1.25. The summed E-state index contributed by atoms with van der Waals surface area (Å²) in [5.74, 6) is -2.55. The number of carboxylic acid groups (broad SMARTS) is 2. The van der Waals surface area contributed by atoms with Crippen molar-refractivity contribution < 1.29 is 29.3 Å². The maximum atomic E-state index is 12.6. The summed E-state index contributed by atoms with van der Waals surface area (Å²) in [6.07, 6.45) is 1.05. The molecule has 2 aromatic rings. The monoisotopic (exact) mass is 442 g/mol. The first kappa shape index (κ1) is 22.0. The van der Waals surface area contributed by atoms with E-state index in [2.05, 4.69) is 10.3 Å². The minimum absolute atomic E-state index is 0.163. The van der Waals surface area contributed by atoms with E-state index in [0.29, 0.717) is 21.3 Å². The number of carbonyl (C=O) groups is 3. The number of carboxylic acids is 2. The van der Waals surface area contributed by atoms with E-state index in [9.17, 15) is 19.5 Å². The molecule has 0 saturated carbocycles. The third kappa shape index (κ3) is 4.44. The molecule has 3 rings (SSSR count). The number of aliphatic carboxylic acids is 2.